The molecule has 0 bridgehead atoms. The van der Waals surface area contributed by atoms with Gasteiger partial charge in [0, 0.05) is 0 Å². The van der Waals surface area contributed by atoms with Gasteiger partial charge < -0.3 is 0 Å². The van der Waals surface area contributed by atoms with Crippen LogP contribution in [0, 0.1) is 5.92 Å². The summed E-state index contributed by atoms with van der Waals surface area (Å²) in [6, 6.07) is 0. The van der Waals surface area contributed by atoms with Crippen molar-refractivity contribution in [2.45, 2.75) is 54.4 Å². The molecule has 0 aromatic rings. The van der Waals surface area contributed by atoms with Gasteiger partial charge >= 0.3 is 0 Å². The average molecular weight is 284 g/mol. The molecule has 0 aromatic heterocycles. The van der Waals surface area contributed by atoms with E-state index < -0.39 is 0 Å². The Morgan fingerprint density at radius 1 is 1.05 bits per heavy atom. The predicted octanol–water partition coefficient (Wildman–Crippen LogP) is 6.95. The Kier molecular flexibility index (Phi) is 9.45. The van der Waals surface area contributed by atoms with Crippen LogP contribution in [-0.2, 0) is 0 Å². The first-order valence-electron chi connectivity index (χ1n) is 7.83. The maximum absolute atomic E-state index is 4.13. The lowest BCUT2D eigenvalue weighted by molar-refractivity contribution is 0.555. The van der Waals surface area contributed by atoms with Crippen molar-refractivity contribution in [1.82, 2.24) is 0 Å². The molecule has 21 heavy (non-hydrogen) atoms. The Labute approximate surface area is 132 Å². The molecule has 0 fully saturated rings. The fourth-order valence-corrected chi connectivity index (χ4v) is 1.85. The summed E-state index contributed by atoms with van der Waals surface area (Å²) in [5, 5.41) is 0. The molecule has 0 heterocycles. The van der Waals surface area contributed by atoms with Crippen molar-refractivity contribution in [3.8, 4) is 0 Å². The SMILES string of the molecule is C=C/C(=C\C=C(C)C)C(=C)/C=C\C(C)=C(/C)CC(C)CC. The summed E-state index contributed by atoms with van der Waals surface area (Å²) in [5.74, 6) is 0.748. The van der Waals surface area contributed by atoms with E-state index >= 15 is 0 Å². The Morgan fingerprint density at radius 3 is 2.14 bits per heavy atom. The van der Waals surface area contributed by atoms with E-state index in [0.717, 1.165) is 17.1 Å². The van der Waals surface area contributed by atoms with Crippen LogP contribution in [0.25, 0.3) is 0 Å². The lowest BCUT2D eigenvalue weighted by Gasteiger charge is -2.10. The molecule has 0 aliphatic carbocycles. The number of allylic oxidation sites excluding steroid dienone is 10. The van der Waals surface area contributed by atoms with E-state index in [1.54, 1.807) is 0 Å². The van der Waals surface area contributed by atoms with Crippen LogP contribution in [0.4, 0.5) is 0 Å². The van der Waals surface area contributed by atoms with Crippen molar-refractivity contribution >= 4 is 0 Å². The standard InChI is InChI=1S/C21H32/c1-9-17(5)15-20(8)18(6)12-13-19(7)21(10-2)14-11-16(3)4/h10-14,17H,2,7,9,15H2,1,3-6,8H3/b13-12-,20-18+,21-14+. The second-order valence-corrected chi connectivity index (χ2v) is 6.11. The number of hydrogen-bond acceptors (Lipinski definition) is 0. The smallest absolute Gasteiger partial charge is 0.0196 e. The van der Waals surface area contributed by atoms with E-state index in [1.165, 1.54) is 29.6 Å². The minimum Gasteiger partial charge on any atom is -0.0984 e. The van der Waals surface area contributed by atoms with Gasteiger partial charge in [-0.25, -0.2) is 0 Å². The summed E-state index contributed by atoms with van der Waals surface area (Å²) in [6.07, 6.45) is 12.7. The van der Waals surface area contributed by atoms with Crippen molar-refractivity contribution in [3.05, 3.63) is 71.4 Å². The van der Waals surface area contributed by atoms with E-state index in [1.807, 2.05) is 6.08 Å². The summed E-state index contributed by atoms with van der Waals surface area (Å²) in [5.41, 5.74) is 6.13. The summed E-state index contributed by atoms with van der Waals surface area (Å²) < 4.78 is 0. The molecule has 1 unspecified atom stereocenters. The molecule has 0 heteroatoms. The van der Waals surface area contributed by atoms with E-state index in [9.17, 15) is 0 Å². The van der Waals surface area contributed by atoms with Gasteiger partial charge in [-0.2, -0.15) is 0 Å². The normalized spacial score (nSPS) is 14.7. The van der Waals surface area contributed by atoms with Crippen molar-refractivity contribution in [3.63, 3.8) is 0 Å². The first-order valence-corrected chi connectivity index (χ1v) is 7.83. The van der Waals surface area contributed by atoms with Gasteiger partial charge in [-0.1, -0.05) is 80.5 Å². The van der Waals surface area contributed by atoms with Crippen LogP contribution in [0.2, 0.25) is 0 Å². The van der Waals surface area contributed by atoms with Crippen LogP contribution in [0.15, 0.2) is 71.4 Å². The predicted molar refractivity (Wildman–Crippen MR) is 98.4 cm³/mol. The Hall–Kier alpha value is -1.56. The van der Waals surface area contributed by atoms with Gasteiger partial charge in [-0.3, -0.25) is 0 Å². The number of hydrogen-bond donors (Lipinski definition) is 0. The zero-order valence-electron chi connectivity index (χ0n) is 14.8. The summed E-state index contributed by atoms with van der Waals surface area (Å²) in [7, 11) is 0. The van der Waals surface area contributed by atoms with Gasteiger partial charge in [0.25, 0.3) is 0 Å². The minimum atomic E-state index is 0.748. The Balaban J connectivity index is 4.97. The third kappa shape index (κ3) is 8.34. The van der Waals surface area contributed by atoms with Crippen molar-refractivity contribution < 1.29 is 0 Å². The summed E-state index contributed by atoms with van der Waals surface area (Å²) >= 11 is 0. The average Bonchev–Trinajstić information content (AvgIpc) is 2.44. The Morgan fingerprint density at radius 2 is 1.67 bits per heavy atom. The molecule has 0 nitrogen and oxygen atoms in total. The molecule has 1 atom stereocenters. The second-order valence-electron chi connectivity index (χ2n) is 6.11. The largest absolute Gasteiger partial charge is 0.0984 e. The van der Waals surface area contributed by atoms with Crippen LogP contribution in [0.3, 0.4) is 0 Å². The van der Waals surface area contributed by atoms with Crippen LogP contribution in [0.1, 0.15) is 54.4 Å². The fraction of sp³-hybridized carbons (Fsp3) is 0.429. The molecule has 0 radical (unpaired) electrons. The van der Waals surface area contributed by atoms with Crippen LogP contribution < -0.4 is 0 Å². The molecule has 0 saturated heterocycles. The first kappa shape index (κ1) is 19.4. The van der Waals surface area contributed by atoms with Gasteiger partial charge in [0.2, 0.25) is 0 Å². The fourth-order valence-electron chi connectivity index (χ4n) is 1.85. The highest BCUT2D eigenvalue weighted by Crippen LogP contribution is 2.19. The third-order valence-electron chi connectivity index (χ3n) is 3.75. The lowest BCUT2D eigenvalue weighted by Crippen LogP contribution is -1.94. The maximum Gasteiger partial charge on any atom is -0.0196 e. The topological polar surface area (TPSA) is 0 Å². The molecule has 0 aliphatic rings. The molecular weight excluding hydrogens is 252 g/mol. The third-order valence-corrected chi connectivity index (χ3v) is 3.75. The monoisotopic (exact) mass is 284 g/mol. The van der Waals surface area contributed by atoms with Crippen molar-refractivity contribution in [1.29, 1.82) is 0 Å². The summed E-state index contributed by atoms with van der Waals surface area (Å²) in [6.45, 7) is 21.1. The zero-order valence-corrected chi connectivity index (χ0v) is 14.8. The van der Waals surface area contributed by atoms with Gasteiger partial charge in [0.05, 0.1) is 0 Å². The maximum atomic E-state index is 4.13. The van der Waals surface area contributed by atoms with Gasteiger partial charge in [0.1, 0.15) is 0 Å². The van der Waals surface area contributed by atoms with E-state index in [0.29, 0.717) is 0 Å². The van der Waals surface area contributed by atoms with Gasteiger partial charge in [-0.05, 0) is 51.2 Å². The highest BCUT2D eigenvalue weighted by Gasteiger charge is 2.02. The molecule has 0 rings (SSSR count). The molecule has 0 saturated carbocycles. The highest BCUT2D eigenvalue weighted by molar-refractivity contribution is 5.47. The highest BCUT2D eigenvalue weighted by atomic mass is 14.1. The van der Waals surface area contributed by atoms with E-state index in [-0.39, 0.29) is 0 Å². The molecule has 0 N–H and O–H groups in total. The van der Waals surface area contributed by atoms with E-state index in [2.05, 4.69) is 79.0 Å². The molecule has 0 amide bonds. The van der Waals surface area contributed by atoms with Crippen molar-refractivity contribution in [2.24, 2.45) is 5.92 Å². The molecule has 0 aliphatic heterocycles. The van der Waals surface area contributed by atoms with Gasteiger partial charge in [-0.15, -0.1) is 0 Å². The Bertz CT molecular complexity index is 474. The van der Waals surface area contributed by atoms with E-state index in [4.69, 9.17) is 0 Å². The summed E-state index contributed by atoms with van der Waals surface area (Å²) in [4.78, 5) is 0. The zero-order chi connectivity index (χ0) is 16.4. The van der Waals surface area contributed by atoms with Crippen LogP contribution in [0.5, 0.6) is 0 Å². The second kappa shape index (κ2) is 10.2. The molecule has 116 valence electrons. The molecule has 0 aromatic carbocycles. The number of rotatable bonds is 8. The minimum absolute atomic E-state index is 0.748. The van der Waals surface area contributed by atoms with Crippen LogP contribution in [-0.4, -0.2) is 0 Å². The lowest BCUT2D eigenvalue weighted by atomic mass is 9.96. The van der Waals surface area contributed by atoms with Crippen molar-refractivity contribution in [2.75, 3.05) is 0 Å². The molecular formula is C21H32. The van der Waals surface area contributed by atoms with Gasteiger partial charge in [0.15, 0.2) is 0 Å². The van der Waals surface area contributed by atoms with Crippen LogP contribution >= 0.6 is 0 Å². The first-order chi connectivity index (χ1) is 9.81. The quantitative estimate of drug-likeness (QED) is 0.423. The molecule has 0 spiro atoms.